The largest absolute Gasteiger partial charge is 0.480 e. The zero-order valence-electron chi connectivity index (χ0n) is 14.1. The van der Waals surface area contributed by atoms with Gasteiger partial charge in [0.1, 0.15) is 17.9 Å². The summed E-state index contributed by atoms with van der Waals surface area (Å²) in [4.78, 5) is 39.8. The number of carbonyl (C=O) groups is 2. The molecule has 0 aliphatic heterocycles. The number of pyridine rings is 1. The third kappa shape index (κ3) is 3.49. The molecule has 2 heterocycles. The number of carboxylic acid groups (broad SMARTS) is 1. The Balaban J connectivity index is 1.92. The number of carbonyl (C=O) groups excluding carboxylic acids is 1. The standard InChI is InChI=1S/C18H18N4O4/c1-11(18(25)26)21-17(24)15-14(23)9-13(22-16(15)19-10-20-22)8-7-12-5-3-2-4-6-12/h2-6,9-11H,7-8H2,1H3,(H,19,20)(H,21,24)(H,25,26)/t11-/m0/s1. The van der Waals surface area contributed by atoms with Crippen molar-refractivity contribution in [2.75, 3.05) is 0 Å². The van der Waals surface area contributed by atoms with Gasteiger partial charge in [0.25, 0.3) is 5.91 Å². The van der Waals surface area contributed by atoms with Gasteiger partial charge in [-0.3, -0.25) is 19.5 Å². The van der Waals surface area contributed by atoms with Gasteiger partial charge in [0, 0.05) is 11.8 Å². The number of aromatic nitrogens is 3. The zero-order valence-corrected chi connectivity index (χ0v) is 14.1. The van der Waals surface area contributed by atoms with Gasteiger partial charge in [-0.2, -0.15) is 0 Å². The summed E-state index contributed by atoms with van der Waals surface area (Å²) in [6.45, 7) is 1.33. The molecule has 8 heteroatoms. The van der Waals surface area contributed by atoms with E-state index in [4.69, 9.17) is 5.11 Å². The van der Waals surface area contributed by atoms with E-state index in [0.717, 1.165) is 12.0 Å². The average Bonchev–Trinajstić information content (AvgIpc) is 3.09. The first-order valence-corrected chi connectivity index (χ1v) is 8.13. The number of hydrogen-bond donors (Lipinski definition) is 3. The molecule has 0 saturated heterocycles. The predicted molar refractivity (Wildman–Crippen MR) is 94.2 cm³/mol. The van der Waals surface area contributed by atoms with Crippen molar-refractivity contribution in [2.45, 2.75) is 25.8 Å². The van der Waals surface area contributed by atoms with Crippen molar-refractivity contribution in [3.63, 3.8) is 0 Å². The third-order valence-corrected chi connectivity index (χ3v) is 4.10. The number of nitrogens with zero attached hydrogens (tertiary/aromatic N) is 2. The molecule has 2 aromatic heterocycles. The van der Waals surface area contributed by atoms with Crippen LogP contribution in [0.3, 0.4) is 0 Å². The second kappa shape index (κ2) is 7.22. The molecule has 134 valence electrons. The van der Waals surface area contributed by atoms with E-state index in [1.54, 1.807) is 4.52 Å². The Morgan fingerprint density at radius 1 is 1.27 bits per heavy atom. The van der Waals surface area contributed by atoms with Crippen molar-refractivity contribution in [2.24, 2.45) is 0 Å². The first kappa shape index (κ1) is 17.4. The first-order valence-electron chi connectivity index (χ1n) is 8.13. The molecule has 0 fully saturated rings. The number of rotatable bonds is 6. The van der Waals surface area contributed by atoms with Crippen molar-refractivity contribution in [1.82, 2.24) is 19.9 Å². The van der Waals surface area contributed by atoms with E-state index in [9.17, 15) is 14.4 Å². The monoisotopic (exact) mass is 354 g/mol. The lowest BCUT2D eigenvalue weighted by molar-refractivity contribution is -0.138. The van der Waals surface area contributed by atoms with Gasteiger partial charge in [-0.1, -0.05) is 30.3 Å². The summed E-state index contributed by atoms with van der Waals surface area (Å²) in [6.07, 6.45) is 2.69. The number of nitrogens with one attached hydrogen (secondary N) is 2. The Bertz CT molecular complexity index is 1010. The fraction of sp³-hybridized carbons (Fsp3) is 0.222. The van der Waals surface area contributed by atoms with E-state index in [1.165, 1.54) is 19.3 Å². The summed E-state index contributed by atoms with van der Waals surface area (Å²) in [5, 5.41) is 14.1. The smallest absolute Gasteiger partial charge is 0.325 e. The fourth-order valence-electron chi connectivity index (χ4n) is 2.71. The van der Waals surface area contributed by atoms with E-state index >= 15 is 0 Å². The normalized spacial score (nSPS) is 12.0. The van der Waals surface area contributed by atoms with Gasteiger partial charge in [0.05, 0.1) is 0 Å². The minimum atomic E-state index is -1.18. The number of benzene rings is 1. The molecule has 26 heavy (non-hydrogen) atoms. The molecule has 0 aliphatic carbocycles. The Kier molecular flexibility index (Phi) is 4.83. The van der Waals surface area contributed by atoms with Crippen LogP contribution in [0.2, 0.25) is 0 Å². The maximum atomic E-state index is 12.5. The quantitative estimate of drug-likeness (QED) is 0.611. The Labute approximate surface area is 148 Å². The number of H-pyrrole nitrogens is 1. The molecular weight excluding hydrogens is 336 g/mol. The second-order valence-corrected chi connectivity index (χ2v) is 5.94. The summed E-state index contributed by atoms with van der Waals surface area (Å²) in [6, 6.07) is 10.1. The van der Waals surface area contributed by atoms with Crippen molar-refractivity contribution < 1.29 is 14.7 Å². The van der Waals surface area contributed by atoms with Crippen LogP contribution >= 0.6 is 0 Å². The Morgan fingerprint density at radius 2 is 2.00 bits per heavy atom. The van der Waals surface area contributed by atoms with Gasteiger partial charge < -0.3 is 10.4 Å². The van der Waals surface area contributed by atoms with Crippen LogP contribution in [0.15, 0.2) is 47.5 Å². The summed E-state index contributed by atoms with van der Waals surface area (Å²) in [5.41, 5.74) is 1.33. The molecule has 0 aliphatic rings. The molecule has 0 spiro atoms. The molecule has 1 aromatic carbocycles. The lowest BCUT2D eigenvalue weighted by Gasteiger charge is -2.11. The highest BCUT2D eigenvalue weighted by Crippen LogP contribution is 2.10. The Hall–Kier alpha value is -3.42. The second-order valence-electron chi connectivity index (χ2n) is 5.94. The number of aliphatic carboxylic acids is 1. The molecule has 0 unspecified atom stereocenters. The van der Waals surface area contributed by atoms with Gasteiger partial charge in [0.2, 0.25) is 0 Å². The molecular formula is C18H18N4O4. The fourth-order valence-corrected chi connectivity index (χ4v) is 2.71. The minimum Gasteiger partial charge on any atom is -0.480 e. The maximum absolute atomic E-state index is 12.5. The topological polar surface area (TPSA) is 117 Å². The number of amides is 1. The first-order chi connectivity index (χ1) is 12.5. The number of hydrogen-bond acceptors (Lipinski definition) is 4. The van der Waals surface area contributed by atoms with E-state index < -0.39 is 23.3 Å². The summed E-state index contributed by atoms with van der Waals surface area (Å²) in [5.74, 6) is -1.94. The highest BCUT2D eigenvalue weighted by Gasteiger charge is 2.22. The lowest BCUT2D eigenvalue weighted by atomic mass is 10.1. The van der Waals surface area contributed by atoms with Crippen molar-refractivity contribution in [1.29, 1.82) is 0 Å². The predicted octanol–water partition coefficient (Wildman–Crippen LogP) is 1.01. The highest BCUT2D eigenvalue weighted by atomic mass is 16.4. The number of aromatic amines is 1. The molecule has 1 amide bonds. The molecule has 3 N–H and O–H groups in total. The average molecular weight is 354 g/mol. The van der Waals surface area contributed by atoms with Crippen LogP contribution in [0.5, 0.6) is 0 Å². The van der Waals surface area contributed by atoms with E-state index in [2.05, 4.69) is 15.4 Å². The van der Waals surface area contributed by atoms with Crippen LogP contribution in [0.4, 0.5) is 0 Å². The van der Waals surface area contributed by atoms with Crippen LogP contribution in [0.1, 0.15) is 28.5 Å². The number of aryl methyl sites for hydroxylation is 2. The Morgan fingerprint density at radius 3 is 2.69 bits per heavy atom. The van der Waals surface area contributed by atoms with Crippen LogP contribution in [-0.4, -0.2) is 37.6 Å². The molecule has 8 nitrogen and oxygen atoms in total. The molecule has 3 rings (SSSR count). The van der Waals surface area contributed by atoms with Crippen LogP contribution in [0.25, 0.3) is 5.65 Å². The molecule has 1 atom stereocenters. The summed E-state index contributed by atoms with van der Waals surface area (Å²) < 4.78 is 1.57. The third-order valence-electron chi connectivity index (χ3n) is 4.10. The highest BCUT2D eigenvalue weighted by molar-refractivity contribution is 6.01. The molecule has 3 aromatic rings. The van der Waals surface area contributed by atoms with Crippen molar-refractivity contribution in [3.05, 3.63) is 69.8 Å². The summed E-state index contributed by atoms with van der Waals surface area (Å²) in [7, 11) is 0. The van der Waals surface area contributed by atoms with Gasteiger partial charge in [-0.15, -0.1) is 0 Å². The van der Waals surface area contributed by atoms with Gasteiger partial charge in [-0.25, -0.2) is 9.50 Å². The van der Waals surface area contributed by atoms with Crippen molar-refractivity contribution >= 4 is 17.5 Å². The molecule has 0 saturated carbocycles. The van der Waals surface area contributed by atoms with E-state index in [0.29, 0.717) is 12.1 Å². The number of carboxylic acids is 1. The lowest BCUT2D eigenvalue weighted by Crippen LogP contribution is -2.40. The maximum Gasteiger partial charge on any atom is 0.325 e. The molecule has 0 radical (unpaired) electrons. The SMILES string of the molecule is C[C@H](NC(=O)c1c(=O)cc(CCc2ccccc2)n2[nH]cnc12)C(=O)O. The number of fused-ring (bicyclic) bond motifs is 1. The zero-order chi connectivity index (χ0) is 18.7. The van der Waals surface area contributed by atoms with Crippen LogP contribution in [-0.2, 0) is 17.6 Å². The summed E-state index contributed by atoms with van der Waals surface area (Å²) >= 11 is 0. The van der Waals surface area contributed by atoms with Crippen LogP contribution < -0.4 is 10.7 Å². The van der Waals surface area contributed by atoms with Gasteiger partial charge in [-0.05, 0) is 25.3 Å². The molecule has 0 bridgehead atoms. The van der Waals surface area contributed by atoms with E-state index in [1.807, 2.05) is 30.3 Å². The van der Waals surface area contributed by atoms with Gasteiger partial charge >= 0.3 is 5.97 Å². The minimum absolute atomic E-state index is 0.177. The van der Waals surface area contributed by atoms with Crippen LogP contribution in [0, 0.1) is 0 Å². The van der Waals surface area contributed by atoms with Gasteiger partial charge in [0.15, 0.2) is 11.1 Å². The van der Waals surface area contributed by atoms with Crippen molar-refractivity contribution in [3.8, 4) is 0 Å². The van der Waals surface area contributed by atoms with E-state index in [-0.39, 0.29) is 11.2 Å².